The van der Waals surface area contributed by atoms with Crippen LogP contribution in [0, 0.1) is 0 Å². The van der Waals surface area contributed by atoms with Crippen LogP contribution < -0.4 is 0 Å². The SMILES string of the molecule is CN=CC(C)(CC(F)F)N=C(c1ccccc1)c1ccccc1. The van der Waals surface area contributed by atoms with E-state index in [0.717, 1.165) is 11.1 Å². The number of halogens is 2. The summed E-state index contributed by atoms with van der Waals surface area (Å²) in [6, 6.07) is 19.2. The van der Waals surface area contributed by atoms with E-state index in [-0.39, 0.29) is 6.42 Å². The van der Waals surface area contributed by atoms with Gasteiger partial charge in [-0.2, -0.15) is 0 Å². The van der Waals surface area contributed by atoms with Crippen molar-refractivity contribution < 1.29 is 8.78 Å². The third kappa shape index (κ3) is 4.81. The number of aliphatic imine (C=N–C) groups is 2. The average Bonchev–Trinajstić information content (AvgIpc) is 2.54. The lowest BCUT2D eigenvalue weighted by atomic mass is 9.96. The Bertz CT molecular complexity index is 625. The Hall–Kier alpha value is -2.36. The van der Waals surface area contributed by atoms with Gasteiger partial charge in [0.2, 0.25) is 6.43 Å². The summed E-state index contributed by atoms with van der Waals surface area (Å²) in [5.41, 5.74) is 1.42. The zero-order valence-electron chi connectivity index (χ0n) is 13.3. The van der Waals surface area contributed by atoms with Gasteiger partial charge in [-0.05, 0) is 6.92 Å². The highest BCUT2D eigenvalue weighted by Crippen LogP contribution is 2.22. The molecular formula is C19H20F2N2. The molecular weight excluding hydrogens is 294 g/mol. The van der Waals surface area contributed by atoms with Crippen LogP contribution >= 0.6 is 0 Å². The van der Waals surface area contributed by atoms with E-state index in [1.54, 1.807) is 14.0 Å². The van der Waals surface area contributed by atoms with Gasteiger partial charge >= 0.3 is 0 Å². The van der Waals surface area contributed by atoms with Crippen molar-refractivity contribution >= 4 is 11.9 Å². The molecule has 1 atom stereocenters. The Morgan fingerprint density at radius 3 is 1.87 bits per heavy atom. The lowest BCUT2D eigenvalue weighted by molar-refractivity contribution is 0.123. The molecule has 0 N–H and O–H groups in total. The number of nitrogens with zero attached hydrogens (tertiary/aromatic N) is 2. The Morgan fingerprint density at radius 1 is 1.00 bits per heavy atom. The fraction of sp³-hybridized carbons (Fsp3) is 0.263. The third-order valence-electron chi connectivity index (χ3n) is 3.44. The predicted octanol–water partition coefficient (Wildman–Crippen LogP) is 4.64. The second-order valence-corrected chi connectivity index (χ2v) is 5.53. The summed E-state index contributed by atoms with van der Waals surface area (Å²) in [6.45, 7) is 1.68. The van der Waals surface area contributed by atoms with E-state index in [2.05, 4.69) is 9.98 Å². The van der Waals surface area contributed by atoms with Crippen molar-refractivity contribution in [3.8, 4) is 0 Å². The first-order chi connectivity index (χ1) is 11.0. The predicted molar refractivity (Wildman–Crippen MR) is 92.0 cm³/mol. The minimum Gasteiger partial charge on any atom is -0.298 e. The monoisotopic (exact) mass is 314 g/mol. The molecule has 0 saturated carbocycles. The Balaban J connectivity index is 2.56. The molecule has 2 aromatic rings. The van der Waals surface area contributed by atoms with E-state index < -0.39 is 12.0 Å². The van der Waals surface area contributed by atoms with Crippen LogP contribution in [0.1, 0.15) is 24.5 Å². The third-order valence-corrected chi connectivity index (χ3v) is 3.44. The average molecular weight is 314 g/mol. The Labute approximate surface area is 135 Å². The largest absolute Gasteiger partial charge is 0.298 e. The second kappa shape index (κ2) is 7.77. The lowest BCUT2D eigenvalue weighted by Gasteiger charge is -2.22. The Kier molecular flexibility index (Phi) is 5.74. The molecule has 0 saturated heterocycles. The first-order valence-corrected chi connectivity index (χ1v) is 7.46. The molecule has 120 valence electrons. The van der Waals surface area contributed by atoms with Crippen molar-refractivity contribution in [3.63, 3.8) is 0 Å². The maximum absolute atomic E-state index is 13.0. The molecule has 2 rings (SSSR count). The normalized spacial score (nSPS) is 14.0. The summed E-state index contributed by atoms with van der Waals surface area (Å²) in [5, 5.41) is 0. The van der Waals surface area contributed by atoms with Crippen molar-refractivity contribution in [2.45, 2.75) is 25.3 Å². The van der Waals surface area contributed by atoms with Crippen LogP contribution in [0.4, 0.5) is 8.78 Å². The van der Waals surface area contributed by atoms with Crippen molar-refractivity contribution in [1.29, 1.82) is 0 Å². The van der Waals surface area contributed by atoms with Gasteiger partial charge in [-0.1, -0.05) is 60.7 Å². The van der Waals surface area contributed by atoms with Crippen molar-refractivity contribution in [2.75, 3.05) is 7.05 Å². The van der Waals surface area contributed by atoms with Crippen LogP contribution in [0.3, 0.4) is 0 Å². The van der Waals surface area contributed by atoms with Crippen LogP contribution in [0.15, 0.2) is 70.6 Å². The molecule has 0 aliphatic rings. The first kappa shape index (κ1) is 17.0. The number of benzene rings is 2. The summed E-state index contributed by atoms with van der Waals surface area (Å²) in [7, 11) is 1.57. The molecule has 0 fully saturated rings. The molecule has 0 aliphatic carbocycles. The van der Waals surface area contributed by atoms with Crippen LogP contribution in [-0.2, 0) is 0 Å². The van der Waals surface area contributed by atoms with Crippen molar-refractivity contribution in [3.05, 3.63) is 71.8 Å². The second-order valence-electron chi connectivity index (χ2n) is 5.53. The van der Waals surface area contributed by atoms with Crippen LogP contribution in [0.5, 0.6) is 0 Å². The van der Waals surface area contributed by atoms with E-state index >= 15 is 0 Å². The first-order valence-electron chi connectivity index (χ1n) is 7.46. The molecule has 0 bridgehead atoms. The summed E-state index contributed by atoms with van der Waals surface area (Å²) in [4.78, 5) is 8.60. The van der Waals surface area contributed by atoms with Crippen LogP contribution in [0.2, 0.25) is 0 Å². The van der Waals surface area contributed by atoms with Gasteiger partial charge in [0.05, 0.1) is 11.3 Å². The van der Waals surface area contributed by atoms with Gasteiger partial charge in [0, 0.05) is 30.8 Å². The summed E-state index contributed by atoms with van der Waals surface area (Å²) in [6.07, 6.45) is -1.33. The molecule has 1 unspecified atom stereocenters. The van der Waals surface area contributed by atoms with E-state index in [0.29, 0.717) is 5.71 Å². The topological polar surface area (TPSA) is 24.7 Å². The molecule has 23 heavy (non-hydrogen) atoms. The fourth-order valence-corrected chi connectivity index (χ4v) is 2.46. The molecule has 2 aromatic carbocycles. The highest BCUT2D eigenvalue weighted by molar-refractivity contribution is 6.13. The van der Waals surface area contributed by atoms with E-state index in [1.807, 2.05) is 60.7 Å². The standard InChI is InChI=1S/C19H20F2N2/c1-19(14-22-2,13-17(20)21)23-18(15-9-5-3-6-10-15)16-11-7-4-8-12-16/h3-12,14,17H,13H2,1-2H3. The van der Waals surface area contributed by atoms with Gasteiger partial charge in [0.25, 0.3) is 0 Å². The van der Waals surface area contributed by atoms with Gasteiger partial charge in [-0.3, -0.25) is 9.98 Å². The summed E-state index contributed by atoms with van der Waals surface area (Å²) >= 11 is 0. The minimum atomic E-state index is -2.45. The summed E-state index contributed by atoms with van der Waals surface area (Å²) < 4.78 is 26.0. The number of rotatable bonds is 6. The molecule has 0 heterocycles. The fourth-order valence-electron chi connectivity index (χ4n) is 2.46. The molecule has 2 nitrogen and oxygen atoms in total. The van der Waals surface area contributed by atoms with Crippen molar-refractivity contribution in [2.24, 2.45) is 9.98 Å². The van der Waals surface area contributed by atoms with Gasteiger partial charge in [-0.15, -0.1) is 0 Å². The van der Waals surface area contributed by atoms with Gasteiger partial charge in [0.1, 0.15) is 0 Å². The quantitative estimate of drug-likeness (QED) is 0.694. The molecule has 0 spiro atoms. The Morgan fingerprint density at radius 2 is 1.48 bits per heavy atom. The smallest absolute Gasteiger partial charge is 0.241 e. The molecule has 0 aromatic heterocycles. The van der Waals surface area contributed by atoms with Crippen molar-refractivity contribution in [1.82, 2.24) is 0 Å². The minimum absolute atomic E-state index is 0.368. The molecule has 0 radical (unpaired) electrons. The van der Waals surface area contributed by atoms with Crippen LogP contribution in [0.25, 0.3) is 0 Å². The van der Waals surface area contributed by atoms with Gasteiger partial charge < -0.3 is 0 Å². The number of hydrogen-bond donors (Lipinski definition) is 0. The highest BCUT2D eigenvalue weighted by atomic mass is 19.3. The lowest BCUT2D eigenvalue weighted by Crippen LogP contribution is -2.29. The van der Waals surface area contributed by atoms with E-state index in [4.69, 9.17) is 0 Å². The maximum atomic E-state index is 13.0. The van der Waals surface area contributed by atoms with Gasteiger partial charge in [0.15, 0.2) is 0 Å². The summed E-state index contributed by atoms with van der Waals surface area (Å²) in [5.74, 6) is 0. The molecule has 4 heteroatoms. The number of hydrogen-bond acceptors (Lipinski definition) is 2. The van der Waals surface area contributed by atoms with Gasteiger partial charge in [-0.25, -0.2) is 8.78 Å². The molecule has 0 amide bonds. The van der Waals surface area contributed by atoms with E-state index in [1.165, 1.54) is 6.21 Å². The zero-order chi connectivity index (χ0) is 16.7. The van der Waals surface area contributed by atoms with Crippen LogP contribution in [-0.4, -0.2) is 30.9 Å². The van der Waals surface area contributed by atoms with E-state index in [9.17, 15) is 8.78 Å². The number of alkyl halides is 2. The zero-order valence-corrected chi connectivity index (χ0v) is 13.3. The highest BCUT2D eigenvalue weighted by Gasteiger charge is 2.27. The molecule has 0 aliphatic heterocycles. The maximum Gasteiger partial charge on any atom is 0.241 e.